The SMILES string of the molecule is CCCn1c(CN)nnc1-c1cc(C(F)(F)F)ccc1F. The molecule has 1 aromatic carbocycles. The van der Waals surface area contributed by atoms with Gasteiger partial charge in [-0.25, -0.2) is 4.39 Å². The first-order valence-electron chi connectivity index (χ1n) is 6.37. The molecule has 0 aliphatic heterocycles. The molecule has 0 saturated heterocycles. The van der Waals surface area contributed by atoms with Crippen molar-refractivity contribution in [2.24, 2.45) is 5.73 Å². The van der Waals surface area contributed by atoms with Gasteiger partial charge in [0.1, 0.15) is 11.6 Å². The van der Waals surface area contributed by atoms with Gasteiger partial charge in [0.25, 0.3) is 0 Å². The van der Waals surface area contributed by atoms with Gasteiger partial charge in [0, 0.05) is 6.54 Å². The number of hydrogen-bond donors (Lipinski definition) is 1. The lowest BCUT2D eigenvalue weighted by molar-refractivity contribution is -0.137. The van der Waals surface area contributed by atoms with E-state index in [0.717, 1.165) is 12.1 Å². The van der Waals surface area contributed by atoms with Crippen LogP contribution in [0.4, 0.5) is 17.6 Å². The Kier molecular flexibility index (Phi) is 4.26. The van der Waals surface area contributed by atoms with E-state index in [9.17, 15) is 17.6 Å². The number of rotatable bonds is 4. The van der Waals surface area contributed by atoms with Crippen molar-refractivity contribution in [1.29, 1.82) is 0 Å². The molecular formula is C13H14F4N4. The summed E-state index contributed by atoms with van der Waals surface area (Å²) in [7, 11) is 0. The number of halogens is 4. The summed E-state index contributed by atoms with van der Waals surface area (Å²) in [5.41, 5.74) is 4.35. The van der Waals surface area contributed by atoms with Gasteiger partial charge >= 0.3 is 6.18 Å². The molecule has 2 N–H and O–H groups in total. The Morgan fingerprint density at radius 3 is 2.52 bits per heavy atom. The van der Waals surface area contributed by atoms with Crippen LogP contribution in [0.2, 0.25) is 0 Å². The molecule has 4 nitrogen and oxygen atoms in total. The Balaban J connectivity index is 2.58. The standard InChI is InChI=1S/C13H14F4N4/c1-2-5-21-11(7-18)19-20-12(21)9-6-8(13(15,16)17)3-4-10(9)14/h3-4,6H,2,5,7,18H2,1H3. The van der Waals surface area contributed by atoms with Crippen LogP contribution in [0, 0.1) is 5.82 Å². The quantitative estimate of drug-likeness (QED) is 0.883. The van der Waals surface area contributed by atoms with Gasteiger partial charge < -0.3 is 10.3 Å². The summed E-state index contributed by atoms with van der Waals surface area (Å²) in [6, 6.07) is 2.22. The maximum Gasteiger partial charge on any atom is 0.416 e. The zero-order chi connectivity index (χ0) is 15.6. The summed E-state index contributed by atoms with van der Waals surface area (Å²) in [5, 5.41) is 7.59. The van der Waals surface area contributed by atoms with E-state index in [4.69, 9.17) is 5.73 Å². The highest BCUT2D eigenvalue weighted by atomic mass is 19.4. The van der Waals surface area contributed by atoms with Crippen LogP contribution in [-0.4, -0.2) is 14.8 Å². The molecule has 0 fully saturated rings. The fraction of sp³-hybridized carbons (Fsp3) is 0.385. The highest BCUT2D eigenvalue weighted by Gasteiger charge is 2.32. The Morgan fingerprint density at radius 2 is 1.95 bits per heavy atom. The zero-order valence-corrected chi connectivity index (χ0v) is 11.3. The fourth-order valence-corrected chi connectivity index (χ4v) is 2.02. The first-order chi connectivity index (χ1) is 9.88. The van der Waals surface area contributed by atoms with E-state index in [1.54, 1.807) is 4.57 Å². The van der Waals surface area contributed by atoms with Gasteiger partial charge in [-0.1, -0.05) is 6.92 Å². The van der Waals surface area contributed by atoms with Crippen LogP contribution >= 0.6 is 0 Å². The second kappa shape index (κ2) is 5.80. The summed E-state index contributed by atoms with van der Waals surface area (Å²) in [6.07, 6.45) is -3.85. The van der Waals surface area contributed by atoms with E-state index in [2.05, 4.69) is 10.2 Å². The molecule has 8 heteroatoms. The minimum absolute atomic E-state index is 0.0564. The van der Waals surface area contributed by atoms with Crippen LogP contribution < -0.4 is 5.73 Å². The minimum atomic E-state index is -4.55. The van der Waals surface area contributed by atoms with Crippen LogP contribution in [0.5, 0.6) is 0 Å². The van der Waals surface area contributed by atoms with Gasteiger partial charge in [-0.15, -0.1) is 10.2 Å². The first kappa shape index (κ1) is 15.4. The maximum absolute atomic E-state index is 13.9. The molecule has 0 aliphatic rings. The minimum Gasteiger partial charge on any atom is -0.324 e. The molecule has 0 saturated carbocycles. The number of nitrogens with two attached hydrogens (primary N) is 1. The van der Waals surface area contributed by atoms with Gasteiger partial charge in [-0.3, -0.25) is 0 Å². The smallest absolute Gasteiger partial charge is 0.324 e. The predicted molar refractivity (Wildman–Crippen MR) is 68.6 cm³/mol. The lowest BCUT2D eigenvalue weighted by atomic mass is 10.1. The Morgan fingerprint density at radius 1 is 1.24 bits per heavy atom. The van der Waals surface area contributed by atoms with Crippen LogP contribution in [0.15, 0.2) is 18.2 Å². The molecule has 0 bridgehead atoms. The van der Waals surface area contributed by atoms with Gasteiger partial charge in [0.05, 0.1) is 17.7 Å². The third kappa shape index (κ3) is 3.05. The molecule has 0 aliphatic carbocycles. The van der Waals surface area contributed by atoms with E-state index in [-0.39, 0.29) is 17.9 Å². The van der Waals surface area contributed by atoms with E-state index < -0.39 is 17.6 Å². The second-order valence-corrected chi connectivity index (χ2v) is 4.49. The molecule has 21 heavy (non-hydrogen) atoms. The largest absolute Gasteiger partial charge is 0.416 e. The number of aromatic nitrogens is 3. The molecule has 114 valence electrons. The van der Waals surface area contributed by atoms with E-state index in [1.165, 1.54) is 0 Å². The van der Waals surface area contributed by atoms with Crippen molar-refractivity contribution in [2.75, 3.05) is 0 Å². The fourth-order valence-electron chi connectivity index (χ4n) is 2.02. The summed E-state index contributed by atoms with van der Waals surface area (Å²) < 4.78 is 53.7. The van der Waals surface area contributed by atoms with E-state index in [1.807, 2.05) is 6.92 Å². The van der Waals surface area contributed by atoms with Gasteiger partial charge in [-0.05, 0) is 24.6 Å². The normalized spacial score (nSPS) is 11.9. The van der Waals surface area contributed by atoms with Gasteiger partial charge in [0.2, 0.25) is 0 Å². The molecule has 0 atom stereocenters. The van der Waals surface area contributed by atoms with Crippen molar-refractivity contribution >= 4 is 0 Å². The average molecular weight is 302 g/mol. The molecule has 0 amide bonds. The Labute approximate surface area is 118 Å². The molecule has 2 rings (SSSR count). The van der Waals surface area contributed by atoms with Gasteiger partial charge in [0.15, 0.2) is 5.82 Å². The van der Waals surface area contributed by atoms with Crippen LogP contribution in [-0.2, 0) is 19.3 Å². The number of alkyl halides is 3. The van der Waals surface area contributed by atoms with E-state index >= 15 is 0 Å². The van der Waals surface area contributed by atoms with Crippen molar-refractivity contribution in [3.05, 3.63) is 35.4 Å². The van der Waals surface area contributed by atoms with Crippen LogP contribution in [0.3, 0.4) is 0 Å². The third-order valence-electron chi connectivity index (χ3n) is 2.99. The second-order valence-electron chi connectivity index (χ2n) is 4.49. The van der Waals surface area contributed by atoms with Crippen LogP contribution in [0.25, 0.3) is 11.4 Å². The predicted octanol–water partition coefficient (Wildman–Crippen LogP) is 2.97. The Bertz CT molecular complexity index is 634. The summed E-state index contributed by atoms with van der Waals surface area (Å²) >= 11 is 0. The average Bonchev–Trinajstić information content (AvgIpc) is 2.81. The Hall–Kier alpha value is -1.96. The molecule has 0 spiro atoms. The molecular weight excluding hydrogens is 288 g/mol. The molecule has 0 radical (unpaired) electrons. The summed E-state index contributed by atoms with van der Waals surface area (Å²) in [4.78, 5) is 0. The molecule has 0 unspecified atom stereocenters. The summed E-state index contributed by atoms with van der Waals surface area (Å²) in [6.45, 7) is 2.41. The zero-order valence-electron chi connectivity index (χ0n) is 11.3. The number of benzene rings is 1. The highest BCUT2D eigenvalue weighted by Crippen LogP contribution is 2.33. The molecule has 2 aromatic rings. The van der Waals surface area contributed by atoms with Crippen molar-refractivity contribution in [3.8, 4) is 11.4 Å². The van der Waals surface area contributed by atoms with Gasteiger partial charge in [-0.2, -0.15) is 13.2 Å². The number of hydrogen-bond acceptors (Lipinski definition) is 3. The first-order valence-corrected chi connectivity index (χ1v) is 6.37. The number of nitrogens with zero attached hydrogens (tertiary/aromatic N) is 3. The lowest BCUT2D eigenvalue weighted by Gasteiger charge is -2.11. The molecule has 1 heterocycles. The topological polar surface area (TPSA) is 56.7 Å². The van der Waals surface area contributed by atoms with Crippen LogP contribution in [0.1, 0.15) is 24.7 Å². The third-order valence-corrected chi connectivity index (χ3v) is 2.99. The van der Waals surface area contributed by atoms with E-state index in [0.29, 0.717) is 24.9 Å². The lowest BCUT2D eigenvalue weighted by Crippen LogP contribution is -2.10. The van der Waals surface area contributed by atoms with Crippen molar-refractivity contribution in [3.63, 3.8) is 0 Å². The summed E-state index contributed by atoms with van der Waals surface area (Å²) in [5.74, 6) is -0.319. The molecule has 1 aromatic heterocycles. The monoisotopic (exact) mass is 302 g/mol. The van der Waals surface area contributed by atoms with Crippen molar-refractivity contribution in [1.82, 2.24) is 14.8 Å². The highest BCUT2D eigenvalue weighted by molar-refractivity contribution is 5.58. The maximum atomic E-state index is 13.9. The van der Waals surface area contributed by atoms with Crippen molar-refractivity contribution in [2.45, 2.75) is 32.6 Å². The van der Waals surface area contributed by atoms with Crippen molar-refractivity contribution < 1.29 is 17.6 Å².